The normalized spacial score (nSPS) is 29.9. The summed E-state index contributed by atoms with van der Waals surface area (Å²) in [7, 11) is 0. The molecule has 0 nitrogen and oxygen atoms in total. The first-order valence-electron chi connectivity index (χ1n) is 5.75. The average molecular weight is 190 g/mol. The molecule has 0 aliphatic heterocycles. The average Bonchev–Trinajstić information content (AvgIpc) is 2.51. The van der Waals surface area contributed by atoms with Crippen LogP contribution in [0.2, 0.25) is 0 Å². The summed E-state index contributed by atoms with van der Waals surface area (Å²) >= 11 is 0. The number of hydrogen-bond donors (Lipinski definition) is 0. The summed E-state index contributed by atoms with van der Waals surface area (Å²) in [5.41, 5.74) is 4.01. The van der Waals surface area contributed by atoms with Crippen LogP contribution in [0, 0.1) is 16.7 Å². The van der Waals surface area contributed by atoms with Gasteiger partial charge in [-0.1, -0.05) is 52.3 Å². The van der Waals surface area contributed by atoms with E-state index in [1.807, 2.05) is 0 Å². The predicted octanol–water partition coefficient (Wildman–Crippen LogP) is 4.34. The number of fused-ring (bicyclic) bond motifs is 1. The molecular formula is C14H22. The summed E-state index contributed by atoms with van der Waals surface area (Å²) in [6.07, 6.45) is 7.69. The van der Waals surface area contributed by atoms with E-state index in [0.29, 0.717) is 10.8 Å². The molecule has 0 heteroatoms. The van der Waals surface area contributed by atoms with Crippen molar-refractivity contribution in [2.24, 2.45) is 16.7 Å². The minimum absolute atomic E-state index is 0.327. The third-order valence-corrected chi connectivity index (χ3v) is 3.82. The standard InChI is InChI=1S/C14H22/c1-13(2,3)11-8-10-6-7-14(4,5)12(10)9-11/h8-10H,6-7H2,1-5H3. The summed E-state index contributed by atoms with van der Waals surface area (Å²) in [5, 5.41) is 0. The molecule has 0 aromatic carbocycles. The summed E-state index contributed by atoms with van der Waals surface area (Å²) in [5.74, 6) is 0.763. The molecule has 0 bridgehead atoms. The molecule has 2 aliphatic carbocycles. The van der Waals surface area contributed by atoms with E-state index in [1.165, 1.54) is 12.8 Å². The molecule has 0 radical (unpaired) electrons. The van der Waals surface area contributed by atoms with E-state index in [1.54, 1.807) is 11.1 Å². The van der Waals surface area contributed by atoms with Crippen LogP contribution in [0.5, 0.6) is 0 Å². The minimum atomic E-state index is 0.327. The maximum absolute atomic E-state index is 2.50. The second-order valence-corrected chi connectivity index (χ2v) is 6.50. The van der Waals surface area contributed by atoms with Crippen molar-refractivity contribution in [3.63, 3.8) is 0 Å². The molecule has 14 heavy (non-hydrogen) atoms. The largest absolute Gasteiger partial charge is 0.0736 e. The Morgan fingerprint density at radius 2 is 1.93 bits per heavy atom. The summed E-state index contributed by atoms with van der Waals surface area (Å²) in [6, 6.07) is 0. The van der Waals surface area contributed by atoms with Gasteiger partial charge in [-0.05, 0) is 35.2 Å². The molecule has 0 amide bonds. The number of hydrogen-bond acceptors (Lipinski definition) is 0. The van der Waals surface area contributed by atoms with E-state index in [0.717, 1.165) is 5.92 Å². The van der Waals surface area contributed by atoms with Gasteiger partial charge in [-0.15, -0.1) is 0 Å². The smallest absolute Gasteiger partial charge is 0.000837 e. The second-order valence-electron chi connectivity index (χ2n) is 6.50. The van der Waals surface area contributed by atoms with Gasteiger partial charge in [0.1, 0.15) is 0 Å². The fourth-order valence-corrected chi connectivity index (χ4v) is 2.69. The second kappa shape index (κ2) is 2.74. The van der Waals surface area contributed by atoms with Crippen LogP contribution < -0.4 is 0 Å². The molecule has 0 spiro atoms. The van der Waals surface area contributed by atoms with Gasteiger partial charge in [-0.2, -0.15) is 0 Å². The quantitative estimate of drug-likeness (QED) is 0.533. The highest BCUT2D eigenvalue weighted by atomic mass is 14.4. The van der Waals surface area contributed by atoms with Crippen molar-refractivity contribution >= 4 is 0 Å². The molecule has 2 aliphatic rings. The van der Waals surface area contributed by atoms with Crippen molar-refractivity contribution in [2.45, 2.75) is 47.5 Å². The van der Waals surface area contributed by atoms with Gasteiger partial charge in [0.25, 0.3) is 0 Å². The van der Waals surface area contributed by atoms with E-state index < -0.39 is 0 Å². The van der Waals surface area contributed by atoms with Crippen LogP contribution >= 0.6 is 0 Å². The van der Waals surface area contributed by atoms with Gasteiger partial charge in [0.2, 0.25) is 0 Å². The fraction of sp³-hybridized carbons (Fsp3) is 0.714. The zero-order valence-electron chi connectivity index (χ0n) is 10.1. The molecule has 2 rings (SSSR count). The van der Waals surface area contributed by atoms with Crippen LogP contribution in [-0.4, -0.2) is 0 Å². The maximum atomic E-state index is 2.50. The predicted molar refractivity (Wildman–Crippen MR) is 62.1 cm³/mol. The highest BCUT2D eigenvalue weighted by Crippen LogP contribution is 2.52. The topological polar surface area (TPSA) is 0 Å². The molecule has 1 fully saturated rings. The number of rotatable bonds is 0. The van der Waals surface area contributed by atoms with E-state index in [2.05, 4.69) is 46.8 Å². The van der Waals surface area contributed by atoms with E-state index in [4.69, 9.17) is 0 Å². The van der Waals surface area contributed by atoms with Crippen molar-refractivity contribution in [1.29, 1.82) is 0 Å². The first-order valence-corrected chi connectivity index (χ1v) is 5.75. The Labute approximate surface area is 88.1 Å². The lowest BCUT2D eigenvalue weighted by atomic mass is 9.83. The van der Waals surface area contributed by atoms with Gasteiger partial charge in [-0.3, -0.25) is 0 Å². The lowest BCUT2D eigenvalue weighted by Crippen LogP contribution is -2.09. The van der Waals surface area contributed by atoms with Crippen LogP contribution in [0.15, 0.2) is 23.3 Å². The lowest BCUT2D eigenvalue weighted by molar-refractivity contribution is 0.458. The summed E-state index contributed by atoms with van der Waals surface area (Å²) in [6.45, 7) is 11.7. The number of allylic oxidation sites excluding steroid dienone is 4. The molecule has 0 aromatic heterocycles. The van der Waals surface area contributed by atoms with Crippen LogP contribution in [-0.2, 0) is 0 Å². The summed E-state index contributed by atoms with van der Waals surface area (Å²) in [4.78, 5) is 0. The van der Waals surface area contributed by atoms with Gasteiger partial charge in [0.05, 0.1) is 0 Å². The third-order valence-electron chi connectivity index (χ3n) is 3.82. The zero-order valence-corrected chi connectivity index (χ0v) is 10.1. The SMILES string of the molecule is CC(C)(C)C1=CC2CCC(C)(C)C2=C1. The van der Waals surface area contributed by atoms with Crippen LogP contribution in [0.4, 0.5) is 0 Å². The highest BCUT2D eigenvalue weighted by molar-refractivity contribution is 5.43. The molecule has 0 heterocycles. The lowest BCUT2D eigenvalue weighted by Gasteiger charge is -2.21. The molecule has 0 saturated heterocycles. The van der Waals surface area contributed by atoms with Crippen molar-refractivity contribution in [1.82, 2.24) is 0 Å². The first-order chi connectivity index (χ1) is 6.31. The molecule has 0 aromatic rings. The highest BCUT2D eigenvalue weighted by Gasteiger charge is 2.39. The zero-order chi connectivity index (χ0) is 10.6. The Kier molecular flexibility index (Phi) is 1.96. The van der Waals surface area contributed by atoms with Gasteiger partial charge in [0, 0.05) is 0 Å². The van der Waals surface area contributed by atoms with Crippen LogP contribution in [0.25, 0.3) is 0 Å². The van der Waals surface area contributed by atoms with Gasteiger partial charge in [0.15, 0.2) is 0 Å². The first kappa shape index (κ1) is 10.0. The fourth-order valence-electron chi connectivity index (χ4n) is 2.69. The molecule has 1 saturated carbocycles. The van der Waals surface area contributed by atoms with E-state index >= 15 is 0 Å². The van der Waals surface area contributed by atoms with Gasteiger partial charge >= 0.3 is 0 Å². The Morgan fingerprint density at radius 3 is 2.43 bits per heavy atom. The van der Waals surface area contributed by atoms with Crippen molar-refractivity contribution in [3.05, 3.63) is 23.3 Å². The molecule has 78 valence electrons. The molecule has 1 atom stereocenters. The van der Waals surface area contributed by atoms with Crippen molar-refractivity contribution < 1.29 is 0 Å². The van der Waals surface area contributed by atoms with E-state index in [9.17, 15) is 0 Å². The van der Waals surface area contributed by atoms with Gasteiger partial charge in [-0.25, -0.2) is 0 Å². The van der Waals surface area contributed by atoms with Crippen LogP contribution in [0.3, 0.4) is 0 Å². The molecule has 0 N–H and O–H groups in total. The van der Waals surface area contributed by atoms with E-state index in [-0.39, 0.29) is 0 Å². The third kappa shape index (κ3) is 1.45. The Bertz CT molecular complexity index is 307. The van der Waals surface area contributed by atoms with Crippen molar-refractivity contribution in [3.8, 4) is 0 Å². The van der Waals surface area contributed by atoms with Gasteiger partial charge < -0.3 is 0 Å². The Balaban J connectivity index is 2.31. The molecular weight excluding hydrogens is 168 g/mol. The minimum Gasteiger partial charge on any atom is -0.0736 e. The summed E-state index contributed by atoms with van der Waals surface area (Å²) < 4.78 is 0. The maximum Gasteiger partial charge on any atom is -0.000837 e. The van der Waals surface area contributed by atoms with Crippen molar-refractivity contribution in [2.75, 3.05) is 0 Å². The Morgan fingerprint density at radius 1 is 1.29 bits per heavy atom. The monoisotopic (exact) mass is 190 g/mol. The Hall–Kier alpha value is -0.520. The van der Waals surface area contributed by atoms with Crippen LogP contribution in [0.1, 0.15) is 47.5 Å². The molecule has 1 unspecified atom stereocenters.